The quantitative estimate of drug-likeness (QED) is 0.761. The zero-order valence-electron chi connectivity index (χ0n) is 8.35. The van der Waals surface area contributed by atoms with Crippen molar-refractivity contribution in [2.45, 2.75) is 25.4 Å². The molecule has 0 heterocycles. The number of rotatable bonds is 3. The Bertz CT molecular complexity index is 322. The van der Waals surface area contributed by atoms with Crippen LogP contribution in [0.1, 0.15) is 23.5 Å². The number of benzene rings is 1. The summed E-state index contributed by atoms with van der Waals surface area (Å²) in [4.78, 5) is 0. The van der Waals surface area contributed by atoms with Gasteiger partial charge >= 0.3 is 0 Å². The Morgan fingerprint density at radius 2 is 2.29 bits per heavy atom. The lowest BCUT2D eigenvalue weighted by Gasteiger charge is -2.06. The molecule has 0 radical (unpaired) electrons. The van der Waals surface area contributed by atoms with E-state index in [1.165, 1.54) is 11.1 Å². The third-order valence-electron chi connectivity index (χ3n) is 2.99. The summed E-state index contributed by atoms with van der Waals surface area (Å²) in [5.74, 6) is 0.721. The van der Waals surface area contributed by atoms with E-state index in [0.29, 0.717) is 5.92 Å². The number of hydrogen-bond donors (Lipinski definition) is 2. The van der Waals surface area contributed by atoms with Gasteiger partial charge < -0.3 is 10.2 Å². The Labute approximate surface area is 84.2 Å². The highest BCUT2D eigenvalue weighted by Crippen LogP contribution is 2.49. The summed E-state index contributed by atoms with van der Waals surface area (Å²) in [6.45, 7) is 1.95. The van der Waals surface area contributed by atoms with Gasteiger partial charge in [0.1, 0.15) is 0 Å². The van der Waals surface area contributed by atoms with E-state index in [0.717, 1.165) is 6.42 Å². The van der Waals surface area contributed by atoms with Crippen LogP contribution in [0, 0.1) is 12.8 Å². The van der Waals surface area contributed by atoms with E-state index in [2.05, 4.69) is 25.1 Å². The van der Waals surface area contributed by atoms with E-state index >= 15 is 0 Å². The second-order valence-corrected chi connectivity index (χ2v) is 4.17. The molecule has 2 nitrogen and oxygen atoms in total. The lowest BCUT2D eigenvalue weighted by molar-refractivity contribution is 0.0764. The molecule has 0 amide bonds. The Morgan fingerprint density at radius 1 is 1.50 bits per heavy atom. The van der Waals surface area contributed by atoms with Crippen LogP contribution in [0.5, 0.6) is 0 Å². The lowest BCUT2D eigenvalue weighted by Crippen LogP contribution is -2.15. The summed E-state index contributed by atoms with van der Waals surface area (Å²) >= 11 is 0. The van der Waals surface area contributed by atoms with E-state index in [9.17, 15) is 5.11 Å². The number of aliphatic hydroxyl groups excluding tert-OH is 2. The van der Waals surface area contributed by atoms with Gasteiger partial charge in [0.05, 0.1) is 12.7 Å². The fourth-order valence-corrected chi connectivity index (χ4v) is 2.06. The minimum atomic E-state index is -0.541. The average molecular weight is 192 g/mol. The van der Waals surface area contributed by atoms with Crippen LogP contribution in [0.15, 0.2) is 24.3 Å². The van der Waals surface area contributed by atoms with Crippen molar-refractivity contribution in [3.8, 4) is 0 Å². The second-order valence-electron chi connectivity index (χ2n) is 4.17. The van der Waals surface area contributed by atoms with Crippen LogP contribution in [-0.2, 0) is 0 Å². The van der Waals surface area contributed by atoms with Crippen molar-refractivity contribution in [2.75, 3.05) is 6.61 Å². The molecule has 76 valence electrons. The highest BCUT2D eigenvalue weighted by atomic mass is 16.3. The first kappa shape index (κ1) is 9.69. The molecule has 0 bridgehead atoms. The predicted octanol–water partition coefficient (Wildman–Crippen LogP) is 1.45. The van der Waals surface area contributed by atoms with Crippen LogP contribution >= 0.6 is 0 Å². The SMILES string of the molecule is Cc1cccc(C2CC2C(O)CO)c1. The first-order valence-electron chi connectivity index (χ1n) is 5.08. The van der Waals surface area contributed by atoms with Crippen LogP contribution in [0.2, 0.25) is 0 Å². The van der Waals surface area contributed by atoms with Crippen molar-refractivity contribution in [2.24, 2.45) is 5.92 Å². The molecule has 1 aromatic rings. The molecule has 3 atom stereocenters. The van der Waals surface area contributed by atoms with E-state index in [1.807, 2.05) is 6.07 Å². The zero-order valence-corrected chi connectivity index (χ0v) is 8.35. The molecule has 1 aliphatic rings. The summed E-state index contributed by atoms with van der Waals surface area (Å²) in [5, 5.41) is 18.3. The van der Waals surface area contributed by atoms with Crippen molar-refractivity contribution >= 4 is 0 Å². The summed E-state index contributed by atoms with van der Waals surface area (Å²) in [6.07, 6.45) is 0.464. The van der Waals surface area contributed by atoms with Gasteiger partial charge in [0.15, 0.2) is 0 Å². The fourth-order valence-electron chi connectivity index (χ4n) is 2.06. The standard InChI is InChI=1S/C12H16O2/c1-8-3-2-4-9(5-8)10-6-11(10)12(14)7-13/h2-5,10-14H,6-7H2,1H3. The minimum Gasteiger partial charge on any atom is -0.394 e. The van der Waals surface area contributed by atoms with Gasteiger partial charge in [-0.15, -0.1) is 0 Å². The maximum absolute atomic E-state index is 9.45. The third kappa shape index (κ3) is 1.81. The summed E-state index contributed by atoms with van der Waals surface area (Å²) in [5.41, 5.74) is 2.55. The highest BCUT2D eigenvalue weighted by molar-refractivity contribution is 5.30. The largest absolute Gasteiger partial charge is 0.394 e. The maximum Gasteiger partial charge on any atom is 0.0805 e. The summed E-state index contributed by atoms with van der Waals surface area (Å²) in [6, 6.07) is 8.38. The molecule has 1 saturated carbocycles. The van der Waals surface area contributed by atoms with Crippen molar-refractivity contribution in [3.05, 3.63) is 35.4 Å². The second kappa shape index (κ2) is 3.71. The molecule has 1 aromatic carbocycles. The van der Waals surface area contributed by atoms with Crippen LogP contribution < -0.4 is 0 Å². The molecule has 0 spiro atoms. The van der Waals surface area contributed by atoms with E-state index in [-0.39, 0.29) is 12.5 Å². The normalized spacial score (nSPS) is 27.4. The average Bonchev–Trinajstić information content (AvgIpc) is 2.96. The smallest absolute Gasteiger partial charge is 0.0805 e. The molecule has 2 heteroatoms. The molecule has 2 N–H and O–H groups in total. The van der Waals surface area contributed by atoms with Gasteiger partial charge in [0.25, 0.3) is 0 Å². The monoisotopic (exact) mass is 192 g/mol. The fraction of sp³-hybridized carbons (Fsp3) is 0.500. The molecule has 2 rings (SSSR count). The predicted molar refractivity (Wildman–Crippen MR) is 55.1 cm³/mol. The summed E-state index contributed by atoms with van der Waals surface area (Å²) in [7, 11) is 0. The van der Waals surface area contributed by atoms with Crippen molar-refractivity contribution in [1.29, 1.82) is 0 Å². The zero-order chi connectivity index (χ0) is 10.1. The first-order valence-corrected chi connectivity index (χ1v) is 5.08. The van der Waals surface area contributed by atoms with E-state index < -0.39 is 6.10 Å². The molecule has 1 fully saturated rings. The minimum absolute atomic E-state index is 0.118. The van der Waals surface area contributed by atoms with Gasteiger partial charge in [-0.3, -0.25) is 0 Å². The van der Waals surface area contributed by atoms with Crippen molar-refractivity contribution in [1.82, 2.24) is 0 Å². The van der Waals surface area contributed by atoms with Gasteiger partial charge in [-0.2, -0.15) is 0 Å². The van der Waals surface area contributed by atoms with Crippen LogP contribution in [0.25, 0.3) is 0 Å². The molecule has 0 saturated heterocycles. The molecule has 14 heavy (non-hydrogen) atoms. The Balaban J connectivity index is 2.06. The van der Waals surface area contributed by atoms with Gasteiger partial charge in [-0.1, -0.05) is 29.8 Å². The molecular weight excluding hydrogens is 176 g/mol. The van der Waals surface area contributed by atoms with Gasteiger partial charge in [0, 0.05) is 0 Å². The van der Waals surface area contributed by atoms with E-state index in [1.54, 1.807) is 0 Å². The number of aliphatic hydroxyl groups is 2. The Hall–Kier alpha value is -0.860. The Kier molecular flexibility index (Phi) is 2.57. The summed E-state index contributed by atoms with van der Waals surface area (Å²) < 4.78 is 0. The van der Waals surface area contributed by atoms with Gasteiger partial charge in [-0.05, 0) is 30.7 Å². The molecular formula is C12H16O2. The Morgan fingerprint density at radius 3 is 2.93 bits per heavy atom. The van der Waals surface area contributed by atoms with Gasteiger partial charge in [0.2, 0.25) is 0 Å². The molecule has 0 aromatic heterocycles. The molecule has 0 aliphatic heterocycles. The number of aryl methyl sites for hydroxylation is 1. The van der Waals surface area contributed by atoms with Crippen molar-refractivity contribution in [3.63, 3.8) is 0 Å². The third-order valence-corrected chi connectivity index (χ3v) is 2.99. The van der Waals surface area contributed by atoms with Crippen LogP contribution in [-0.4, -0.2) is 22.9 Å². The van der Waals surface area contributed by atoms with E-state index in [4.69, 9.17) is 5.11 Å². The maximum atomic E-state index is 9.45. The number of hydrogen-bond acceptors (Lipinski definition) is 2. The lowest BCUT2D eigenvalue weighted by atomic mass is 10.0. The van der Waals surface area contributed by atoms with Crippen molar-refractivity contribution < 1.29 is 10.2 Å². The molecule has 3 unspecified atom stereocenters. The first-order chi connectivity index (χ1) is 6.72. The van der Waals surface area contributed by atoms with Crippen LogP contribution in [0.4, 0.5) is 0 Å². The topological polar surface area (TPSA) is 40.5 Å². The van der Waals surface area contributed by atoms with Crippen LogP contribution in [0.3, 0.4) is 0 Å². The van der Waals surface area contributed by atoms with Gasteiger partial charge in [-0.25, -0.2) is 0 Å². The highest BCUT2D eigenvalue weighted by Gasteiger charge is 2.42. The molecule has 1 aliphatic carbocycles.